The van der Waals surface area contributed by atoms with Crippen molar-refractivity contribution < 1.29 is 0 Å². The first-order valence-electron chi connectivity index (χ1n) is 3.98. The van der Waals surface area contributed by atoms with E-state index in [4.69, 9.17) is 0 Å². The summed E-state index contributed by atoms with van der Waals surface area (Å²) in [6.07, 6.45) is 3.63. The SMILES string of the molecule is C=C(C)C(NC)c1cccnc1. The number of hydrogen-bond donors (Lipinski definition) is 1. The lowest BCUT2D eigenvalue weighted by Gasteiger charge is -2.15. The molecular formula is C10H14N2. The third kappa shape index (κ3) is 1.92. The van der Waals surface area contributed by atoms with E-state index in [2.05, 4.69) is 16.9 Å². The molecule has 0 fully saturated rings. The van der Waals surface area contributed by atoms with Gasteiger partial charge in [0.2, 0.25) is 0 Å². The first-order chi connectivity index (χ1) is 5.75. The van der Waals surface area contributed by atoms with E-state index in [1.807, 2.05) is 32.3 Å². The first-order valence-corrected chi connectivity index (χ1v) is 3.98. The molecule has 0 aliphatic carbocycles. The number of nitrogens with zero attached hydrogens (tertiary/aromatic N) is 1. The molecule has 0 aliphatic rings. The molecule has 0 radical (unpaired) electrons. The van der Waals surface area contributed by atoms with Crippen molar-refractivity contribution in [2.75, 3.05) is 7.05 Å². The van der Waals surface area contributed by atoms with Crippen LogP contribution in [0.5, 0.6) is 0 Å². The van der Waals surface area contributed by atoms with Crippen molar-refractivity contribution >= 4 is 0 Å². The van der Waals surface area contributed by atoms with Crippen LogP contribution in [0.2, 0.25) is 0 Å². The fourth-order valence-corrected chi connectivity index (χ4v) is 1.24. The third-order valence-electron chi connectivity index (χ3n) is 1.80. The van der Waals surface area contributed by atoms with Gasteiger partial charge in [-0.2, -0.15) is 0 Å². The standard InChI is InChI=1S/C10H14N2/c1-8(2)10(11-3)9-5-4-6-12-7-9/h4-7,10-11H,1H2,2-3H3. The van der Waals surface area contributed by atoms with E-state index in [1.54, 1.807) is 6.20 Å². The predicted octanol–water partition coefficient (Wildman–Crippen LogP) is 1.92. The number of rotatable bonds is 3. The maximum absolute atomic E-state index is 4.05. The summed E-state index contributed by atoms with van der Waals surface area (Å²) in [5.74, 6) is 0. The van der Waals surface area contributed by atoms with Crippen molar-refractivity contribution in [1.82, 2.24) is 10.3 Å². The van der Waals surface area contributed by atoms with Gasteiger partial charge < -0.3 is 5.32 Å². The fourth-order valence-electron chi connectivity index (χ4n) is 1.24. The Hall–Kier alpha value is -1.15. The molecule has 12 heavy (non-hydrogen) atoms. The van der Waals surface area contributed by atoms with Crippen LogP contribution in [0.3, 0.4) is 0 Å². The third-order valence-corrected chi connectivity index (χ3v) is 1.80. The topological polar surface area (TPSA) is 24.9 Å². The molecule has 0 saturated carbocycles. The molecule has 0 spiro atoms. The smallest absolute Gasteiger partial charge is 0.0543 e. The summed E-state index contributed by atoms with van der Waals surface area (Å²) in [5, 5.41) is 3.18. The van der Waals surface area contributed by atoms with Crippen molar-refractivity contribution in [3.8, 4) is 0 Å². The maximum Gasteiger partial charge on any atom is 0.0543 e. The van der Waals surface area contributed by atoms with Crippen LogP contribution in [-0.4, -0.2) is 12.0 Å². The molecule has 2 nitrogen and oxygen atoms in total. The molecular weight excluding hydrogens is 148 g/mol. The number of pyridine rings is 1. The highest BCUT2D eigenvalue weighted by molar-refractivity contribution is 5.22. The van der Waals surface area contributed by atoms with Gasteiger partial charge in [0.25, 0.3) is 0 Å². The van der Waals surface area contributed by atoms with Crippen molar-refractivity contribution in [3.63, 3.8) is 0 Å². The average molecular weight is 162 g/mol. The van der Waals surface area contributed by atoms with Gasteiger partial charge in [0.15, 0.2) is 0 Å². The van der Waals surface area contributed by atoms with E-state index < -0.39 is 0 Å². The van der Waals surface area contributed by atoms with Crippen molar-refractivity contribution in [3.05, 3.63) is 42.2 Å². The van der Waals surface area contributed by atoms with Gasteiger partial charge in [-0.3, -0.25) is 4.98 Å². The Kier molecular flexibility index (Phi) is 3.00. The van der Waals surface area contributed by atoms with Crippen LogP contribution in [0.25, 0.3) is 0 Å². The summed E-state index contributed by atoms with van der Waals surface area (Å²) < 4.78 is 0. The number of hydrogen-bond acceptors (Lipinski definition) is 2. The second-order valence-corrected chi connectivity index (χ2v) is 2.85. The quantitative estimate of drug-likeness (QED) is 0.687. The molecule has 1 heterocycles. The zero-order valence-corrected chi connectivity index (χ0v) is 7.54. The summed E-state index contributed by atoms with van der Waals surface area (Å²) in [5.41, 5.74) is 2.26. The highest BCUT2D eigenvalue weighted by Crippen LogP contribution is 2.17. The first kappa shape index (κ1) is 8.94. The summed E-state index contributed by atoms with van der Waals surface area (Å²) in [7, 11) is 1.92. The van der Waals surface area contributed by atoms with Crippen LogP contribution in [0.1, 0.15) is 18.5 Å². The Bertz CT molecular complexity index is 254. The molecule has 0 aromatic carbocycles. The molecule has 1 aromatic rings. The number of aromatic nitrogens is 1. The maximum atomic E-state index is 4.05. The normalized spacial score (nSPS) is 12.5. The molecule has 0 bridgehead atoms. The minimum atomic E-state index is 0.221. The molecule has 1 rings (SSSR count). The Labute approximate surface area is 73.3 Å². The highest BCUT2D eigenvalue weighted by atomic mass is 14.9. The van der Waals surface area contributed by atoms with Crippen LogP contribution in [0.15, 0.2) is 36.7 Å². The van der Waals surface area contributed by atoms with Gasteiger partial charge in [-0.15, -0.1) is 0 Å². The molecule has 2 heteroatoms. The summed E-state index contributed by atoms with van der Waals surface area (Å²) >= 11 is 0. The van der Waals surface area contributed by atoms with E-state index in [0.717, 1.165) is 11.1 Å². The van der Waals surface area contributed by atoms with Crippen molar-refractivity contribution in [2.45, 2.75) is 13.0 Å². The fraction of sp³-hybridized carbons (Fsp3) is 0.300. The lowest BCUT2D eigenvalue weighted by atomic mass is 10.0. The molecule has 1 atom stereocenters. The summed E-state index contributed by atoms with van der Waals surface area (Å²) in [6.45, 7) is 5.92. The van der Waals surface area contributed by atoms with Crippen LogP contribution in [0.4, 0.5) is 0 Å². The Morgan fingerprint density at radius 3 is 2.83 bits per heavy atom. The molecule has 1 unspecified atom stereocenters. The van der Waals surface area contributed by atoms with Gasteiger partial charge in [-0.25, -0.2) is 0 Å². The lowest BCUT2D eigenvalue weighted by molar-refractivity contribution is 0.677. The Morgan fingerprint density at radius 1 is 1.67 bits per heavy atom. The molecule has 0 saturated heterocycles. The molecule has 0 aliphatic heterocycles. The van der Waals surface area contributed by atoms with Gasteiger partial charge in [0, 0.05) is 12.4 Å². The minimum absolute atomic E-state index is 0.221. The zero-order chi connectivity index (χ0) is 8.97. The Balaban J connectivity index is 2.88. The zero-order valence-electron chi connectivity index (χ0n) is 7.54. The summed E-state index contributed by atoms with van der Waals surface area (Å²) in [4.78, 5) is 4.05. The molecule has 1 aromatic heterocycles. The van der Waals surface area contributed by atoms with Crippen molar-refractivity contribution in [1.29, 1.82) is 0 Å². The summed E-state index contributed by atoms with van der Waals surface area (Å²) in [6, 6.07) is 4.20. The van der Waals surface area contributed by atoms with Crippen LogP contribution in [0, 0.1) is 0 Å². The number of nitrogens with one attached hydrogen (secondary N) is 1. The Morgan fingerprint density at radius 2 is 2.42 bits per heavy atom. The van der Waals surface area contributed by atoms with Gasteiger partial charge in [0.1, 0.15) is 0 Å². The van der Waals surface area contributed by atoms with Crippen LogP contribution >= 0.6 is 0 Å². The van der Waals surface area contributed by atoms with E-state index in [0.29, 0.717) is 0 Å². The largest absolute Gasteiger partial charge is 0.310 e. The van der Waals surface area contributed by atoms with E-state index in [-0.39, 0.29) is 6.04 Å². The van der Waals surface area contributed by atoms with E-state index in [1.165, 1.54) is 0 Å². The van der Waals surface area contributed by atoms with Gasteiger partial charge >= 0.3 is 0 Å². The lowest BCUT2D eigenvalue weighted by Crippen LogP contribution is -2.16. The van der Waals surface area contributed by atoms with E-state index in [9.17, 15) is 0 Å². The molecule has 1 N–H and O–H groups in total. The monoisotopic (exact) mass is 162 g/mol. The van der Waals surface area contributed by atoms with Crippen molar-refractivity contribution in [2.24, 2.45) is 0 Å². The van der Waals surface area contributed by atoms with E-state index >= 15 is 0 Å². The molecule has 0 amide bonds. The van der Waals surface area contributed by atoms with Gasteiger partial charge in [-0.1, -0.05) is 18.2 Å². The van der Waals surface area contributed by atoms with Gasteiger partial charge in [0.05, 0.1) is 6.04 Å². The second kappa shape index (κ2) is 4.02. The highest BCUT2D eigenvalue weighted by Gasteiger charge is 2.07. The predicted molar refractivity (Wildman–Crippen MR) is 50.9 cm³/mol. The number of likely N-dealkylation sites (N-methyl/N-ethyl adjacent to an activating group) is 1. The second-order valence-electron chi connectivity index (χ2n) is 2.85. The van der Waals surface area contributed by atoms with Crippen LogP contribution < -0.4 is 5.32 Å². The molecule has 64 valence electrons. The van der Waals surface area contributed by atoms with Gasteiger partial charge in [-0.05, 0) is 25.6 Å². The minimum Gasteiger partial charge on any atom is -0.310 e. The van der Waals surface area contributed by atoms with Crippen LogP contribution in [-0.2, 0) is 0 Å². The average Bonchev–Trinajstić information content (AvgIpc) is 2.07.